The Hall–Kier alpha value is -3.54. The van der Waals surface area contributed by atoms with Gasteiger partial charge in [-0.3, -0.25) is 9.59 Å². The van der Waals surface area contributed by atoms with Crippen molar-refractivity contribution in [2.75, 3.05) is 7.11 Å². The van der Waals surface area contributed by atoms with Crippen LogP contribution in [0.3, 0.4) is 0 Å². The first-order chi connectivity index (χ1) is 15.7. The summed E-state index contributed by atoms with van der Waals surface area (Å²) in [6.07, 6.45) is 5.61. The summed E-state index contributed by atoms with van der Waals surface area (Å²) in [6.45, 7) is 0.273. The quantitative estimate of drug-likeness (QED) is 0.559. The number of carbonyl (C=O) groups is 2. The van der Waals surface area contributed by atoms with Crippen LogP contribution < -0.4 is 10.1 Å². The maximum atomic E-state index is 13.6. The van der Waals surface area contributed by atoms with Crippen molar-refractivity contribution in [3.05, 3.63) is 89.9 Å². The molecular formula is C26H28N2O4. The fourth-order valence-electron chi connectivity index (χ4n) is 4.21. The van der Waals surface area contributed by atoms with Gasteiger partial charge in [-0.05, 0) is 48.2 Å². The standard InChI is InChI=1S/C26H28N2O4/c1-31-22-15-13-20(14-16-22)24(25(29)27-21-10-5-6-11-21)28(18-19-8-3-2-4-9-19)26(30)23-12-7-17-32-23/h2-4,7-9,12-17,21,24H,5-6,10-11,18H2,1H3,(H,27,29). The van der Waals surface area contributed by atoms with Gasteiger partial charge in [0.1, 0.15) is 11.8 Å². The minimum Gasteiger partial charge on any atom is -0.497 e. The van der Waals surface area contributed by atoms with E-state index >= 15 is 0 Å². The zero-order chi connectivity index (χ0) is 22.3. The summed E-state index contributed by atoms with van der Waals surface area (Å²) in [6, 6.07) is 19.6. The van der Waals surface area contributed by atoms with Gasteiger partial charge < -0.3 is 19.4 Å². The molecular weight excluding hydrogens is 404 g/mol. The number of rotatable bonds is 8. The molecule has 0 aliphatic heterocycles. The molecule has 3 aromatic rings. The average Bonchev–Trinajstić information content (AvgIpc) is 3.54. The van der Waals surface area contributed by atoms with E-state index in [-0.39, 0.29) is 30.2 Å². The molecule has 0 bridgehead atoms. The first-order valence-corrected chi connectivity index (χ1v) is 11.0. The summed E-state index contributed by atoms with van der Waals surface area (Å²) >= 11 is 0. The van der Waals surface area contributed by atoms with Crippen LogP contribution in [-0.4, -0.2) is 29.9 Å². The molecule has 1 fully saturated rings. The predicted octanol–water partition coefficient (Wildman–Crippen LogP) is 4.73. The number of nitrogens with zero attached hydrogens (tertiary/aromatic N) is 1. The monoisotopic (exact) mass is 432 g/mol. The third kappa shape index (κ3) is 5.02. The highest BCUT2D eigenvalue weighted by Gasteiger charge is 2.34. The number of ether oxygens (including phenoxy) is 1. The van der Waals surface area contributed by atoms with E-state index in [1.165, 1.54) is 6.26 Å². The summed E-state index contributed by atoms with van der Waals surface area (Å²) in [5.41, 5.74) is 1.65. The summed E-state index contributed by atoms with van der Waals surface area (Å²) in [5.74, 6) is 0.378. The number of benzene rings is 2. The second-order valence-electron chi connectivity index (χ2n) is 8.06. The van der Waals surface area contributed by atoms with Gasteiger partial charge in [0.2, 0.25) is 5.91 Å². The zero-order valence-electron chi connectivity index (χ0n) is 18.2. The Kier molecular flexibility index (Phi) is 6.90. The van der Waals surface area contributed by atoms with E-state index in [4.69, 9.17) is 9.15 Å². The number of carbonyl (C=O) groups excluding carboxylic acids is 2. The highest BCUT2D eigenvalue weighted by atomic mass is 16.5. The Labute approximate surface area is 188 Å². The molecule has 0 spiro atoms. The summed E-state index contributed by atoms with van der Waals surface area (Å²) < 4.78 is 10.7. The van der Waals surface area contributed by atoms with Crippen LogP contribution in [0.2, 0.25) is 0 Å². The number of hydrogen-bond acceptors (Lipinski definition) is 4. The van der Waals surface area contributed by atoms with E-state index in [2.05, 4.69) is 5.32 Å². The number of amides is 2. The molecule has 166 valence electrons. The molecule has 0 saturated heterocycles. The van der Waals surface area contributed by atoms with Crippen molar-refractivity contribution in [2.24, 2.45) is 0 Å². The van der Waals surface area contributed by atoms with Crippen molar-refractivity contribution >= 4 is 11.8 Å². The fraction of sp³-hybridized carbons (Fsp3) is 0.308. The minimum absolute atomic E-state index is 0.139. The molecule has 1 atom stereocenters. The summed E-state index contributed by atoms with van der Waals surface area (Å²) in [5, 5.41) is 3.18. The van der Waals surface area contributed by atoms with Gasteiger partial charge >= 0.3 is 0 Å². The highest BCUT2D eigenvalue weighted by Crippen LogP contribution is 2.29. The maximum absolute atomic E-state index is 13.6. The first-order valence-electron chi connectivity index (χ1n) is 11.0. The molecule has 1 aromatic heterocycles. The number of furan rings is 1. The molecule has 6 nitrogen and oxygen atoms in total. The second kappa shape index (κ2) is 10.2. The van der Waals surface area contributed by atoms with Crippen molar-refractivity contribution in [1.29, 1.82) is 0 Å². The Balaban J connectivity index is 1.72. The number of hydrogen-bond donors (Lipinski definition) is 1. The molecule has 1 heterocycles. The fourth-order valence-corrected chi connectivity index (χ4v) is 4.21. The molecule has 1 aliphatic rings. The molecule has 1 N–H and O–H groups in total. The van der Waals surface area contributed by atoms with E-state index in [1.807, 2.05) is 54.6 Å². The number of methoxy groups -OCH3 is 1. The lowest BCUT2D eigenvalue weighted by atomic mass is 10.0. The van der Waals surface area contributed by atoms with Crippen LogP contribution in [0, 0.1) is 0 Å². The van der Waals surface area contributed by atoms with Gasteiger partial charge in [0.05, 0.1) is 13.4 Å². The van der Waals surface area contributed by atoms with Crippen molar-refractivity contribution < 1.29 is 18.7 Å². The Morgan fingerprint density at radius 1 is 1.03 bits per heavy atom. The van der Waals surface area contributed by atoms with Crippen molar-refractivity contribution in [3.8, 4) is 5.75 Å². The second-order valence-corrected chi connectivity index (χ2v) is 8.06. The SMILES string of the molecule is COc1ccc(C(C(=O)NC2CCCC2)N(Cc2ccccc2)C(=O)c2ccco2)cc1. The van der Waals surface area contributed by atoms with Gasteiger partial charge in [0.15, 0.2) is 5.76 Å². The number of nitrogens with one attached hydrogen (secondary N) is 1. The van der Waals surface area contributed by atoms with Gasteiger partial charge in [0, 0.05) is 12.6 Å². The van der Waals surface area contributed by atoms with Crippen molar-refractivity contribution in [2.45, 2.75) is 44.3 Å². The normalized spacial score (nSPS) is 14.7. The lowest BCUT2D eigenvalue weighted by Gasteiger charge is -2.32. The van der Waals surface area contributed by atoms with Crippen molar-refractivity contribution in [1.82, 2.24) is 10.2 Å². The van der Waals surface area contributed by atoms with Crippen molar-refractivity contribution in [3.63, 3.8) is 0 Å². The third-order valence-corrected chi connectivity index (χ3v) is 5.88. The van der Waals surface area contributed by atoms with Crippen LogP contribution in [0.1, 0.15) is 53.4 Å². The van der Waals surface area contributed by atoms with E-state index in [0.29, 0.717) is 5.75 Å². The molecule has 6 heteroatoms. The largest absolute Gasteiger partial charge is 0.497 e. The smallest absolute Gasteiger partial charge is 0.290 e. The summed E-state index contributed by atoms with van der Waals surface area (Å²) in [4.78, 5) is 28.7. The van der Waals surface area contributed by atoms with Gasteiger partial charge in [-0.15, -0.1) is 0 Å². The zero-order valence-corrected chi connectivity index (χ0v) is 18.2. The molecule has 2 amide bonds. The average molecular weight is 433 g/mol. The Morgan fingerprint density at radius 2 is 1.75 bits per heavy atom. The van der Waals surface area contributed by atoms with Crippen LogP contribution in [0.25, 0.3) is 0 Å². The molecule has 4 rings (SSSR count). The molecule has 2 aromatic carbocycles. The van der Waals surface area contributed by atoms with Gasteiger partial charge in [0.25, 0.3) is 5.91 Å². The molecule has 1 saturated carbocycles. The third-order valence-electron chi connectivity index (χ3n) is 5.88. The van der Waals surface area contributed by atoms with Crippen LogP contribution in [0.4, 0.5) is 0 Å². The summed E-state index contributed by atoms with van der Waals surface area (Å²) in [7, 11) is 1.60. The van der Waals surface area contributed by atoms with E-state index in [9.17, 15) is 9.59 Å². The lowest BCUT2D eigenvalue weighted by Crippen LogP contribution is -2.45. The molecule has 0 radical (unpaired) electrons. The van der Waals surface area contributed by atoms with E-state index < -0.39 is 6.04 Å². The minimum atomic E-state index is -0.806. The predicted molar refractivity (Wildman–Crippen MR) is 121 cm³/mol. The topological polar surface area (TPSA) is 71.8 Å². The van der Waals surface area contributed by atoms with Crippen LogP contribution in [0.5, 0.6) is 5.75 Å². The van der Waals surface area contributed by atoms with Gasteiger partial charge in [-0.2, -0.15) is 0 Å². The Bertz CT molecular complexity index is 1010. The molecule has 1 unspecified atom stereocenters. The lowest BCUT2D eigenvalue weighted by molar-refractivity contribution is -0.126. The van der Waals surface area contributed by atoms with E-state index in [0.717, 1.165) is 36.8 Å². The van der Waals surface area contributed by atoms with Crippen LogP contribution >= 0.6 is 0 Å². The highest BCUT2D eigenvalue weighted by molar-refractivity contribution is 5.96. The van der Waals surface area contributed by atoms with Crippen LogP contribution in [-0.2, 0) is 11.3 Å². The van der Waals surface area contributed by atoms with Gasteiger partial charge in [-0.1, -0.05) is 55.3 Å². The molecule has 1 aliphatic carbocycles. The van der Waals surface area contributed by atoms with Crippen LogP contribution in [0.15, 0.2) is 77.4 Å². The molecule has 32 heavy (non-hydrogen) atoms. The first kappa shape index (κ1) is 21.7. The maximum Gasteiger partial charge on any atom is 0.290 e. The van der Waals surface area contributed by atoms with E-state index in [1.54, 1.807) is 24.1 Å². The van der Waals surface area contributed by atoms with Gasteiger partial charge in [-0.25, -0.2) is 0 Å². The Morgan fingerprint density at radius 3 is 2.38 bits per heavy atom.